The normalized spacial score (nSPS) is 11.3. The van der Waals surface area contributed by atoms with E-state index in [4.69, 9.17) is 11.6 Å². The van der Waals surface area contributed by atoms with Crippen LogP contribution in [0.4, 0.5) is 5.69 Å². The number of carbonyl (C=O) groups is 1. The van der Waals surface area contributed by atoms with Gasteiger partial charge < -0.3 is 5.32 Å². The van der Waals surface area contributed by atoms with E-state index >= 15 is 0 Å². The summed E-state index contributed by atoms with van der Waals surface area (Å²) >= 11 is 6.05. The van der Waals surface area contributed by atoms with Crippen LogP contribution in [0, 0.1) is 0 Å². The lowest BCUT2D eigenvalue weighted by molar-refractivity contribution is -0.116. The summed E-state index contributed by atoms with van der Waals surface area (Å²) in [5.41, 5.74) is 5.56. The van der Waals surface area contributed by atoms with E-state index < -0.39 is 0 Å². The van der Waals surface area contributed by atoms with Gasteiger partial charge in [0.1, 0.15) is 0 Å². The molecule has 0 aliphatic carbocycles. The predicted octanol–water partition coefficient (Wildman–Crippen LogP) is 6.88. The SMILES string of the molecule is CC(C)(C)c1ccc(CCC(=O)Nc2ccc(-c3cccc(Cl)c3)cc2)cc1. The van der Waals surface area contributed by atoms with Crippen molar-refractivity contribution >= 4 is 23.2 Å². The van der Waals surface area contributed by atoms with Gasteiger partial charge in [-0.2, -0.15) is 0 Å². The number of nitrogens with one attached hydrogen (secondary N) is 1. The summed E-state index contributed by atoms with van der Waals surface area (Å²) in [6.45, 7) is 6.60. The lowest BCUT2D eigenvalue weighted by Gasteiger charge is -2.19. The van der Waals surface area contributed by atoms with Crippen LogP contribution in [0.2, 0.25) is 5.02 Å². The Balaban J connectivity index is 1.55. The van der Waals surface area contributed by atoms with Crippen LogP contribution in [0.5, 0.6) is 0 Å². The molecule has 0 aromatic heterocycles. The number of halogens is 1. The van der Waals surface area contributed by atoms with Crippen molar-refractivity contribution in [3.63, 3.8) is 0 Å². The molecule has 0 heterocycles. The van der Waals surface area contributed by atoms with Gasteiger partial charge >= 0.3 is 0 Å². The zero-order chi connectivity index (χ0) is 20.1. The molecule has 0 atom stereocenters. The monoisotopic (exact) mass is 391 g/mol. The van der Waals surface area contributed by atoms with Gasteiger partial charge in [-0.3, -0.25) is 4.79 Å². The van der Waals surface area contributed by atoms with Gasteiger partial charge in [-0.05, 0) is 58.4 Å². The number of hydrogen-bond donors (Lipinski definition) is 1. The molecule has 1 amide bonds. The molecule has 3 heteroatoms. The van der Waals surface area contributed by atoms with E-state index in [0.29, 0.717) is 11.4 Å². The van der Waals surface area contributed by atoms with Crippen LogP contribution in [-0.2, 0) is 16.6 Å². The third-order valence-corrected chi connectivity index (χ3v) is 5.02. The highest BCUT2D eigenvalue weighted by Gasteiger charge is 2.13. The van der Waals surface area contributed by atoms with E-state index in [-0.39, 0.29) is 11.3 Å². The van der Waals surface area contributed by atoms with Crippen LogP contribution in [-0.4, -0.2) is 5.91 Å². The number of anilines is 1. The van der Waals surface area contributed by atoms with Gasteiger partial charge in [-0.1, -0.05) is 80.9 Å². The van der Waals surface area contributed by atoms with Crippen LogP contribution in [0.3, 0.4) is 0 Å². The number of carbonyl (C=O) groups excluding carboxylic acids is 1. The maximum Gasteiger partial charge on any atom is 0.224 e. The fourth-order valence-corrected chi connectivity index (χ4v) is 3.26. The summed E-state index contributed by atoms with van der Waals surface area (Å²) < 4.78 is 0. The summed E-state index contributed by atoms with van der Waals surface area (Å²) in [4.78, 5) is 12.3. The first-order valence-electron chi connectivity index (χ1n) is 9.56. The molecule has 3 aromatic carbocycles. The van der Waals surface area contributed by atoms with Crippen LogP contribution < -0.4 is 5.32 Å². The van der Waals surface area contributed by atoms with Crippen molar-refractivity contribution in [3.05, 3.63) is 88.9 Å². The second-order valence-electron chi connectivity index (χ2n) is 8.08. The maximum atomic E-state index is 12.3. The van der Waals surface area contributed by atoms with Crippen molar-refractivity contribution in [2.45, 2.75) is 39.0 Å². The lowest BCUT2D eigenvalue weighted by atomic mass is 9.86. The van der Waals surface area contributed by atoms with Gasteiger partial charge in [-0.15, -0.1) is 0 Å². The first kappa shape index (κ1) is 20.2. The van der Waals surface area contributed by atoms with Crippen molar-refractivity contribution in [1.29, 1.82) is 0 Å². The molecule has 0 saturated heterocycles. The Labute approximate surface area is 172 Å². The van der Waals surface area contributed by atoms with E-state index in [0.717, 1.165) is 23.2 Å². The van der Waals surface area contributed by atoms with Crippen LogP contribution in [0.15, 0.2) is 72.8 Å². The molecule has 0 aliphatic heterocycles. The number of aryl methyl sites for hydroxylation is 1. The zero-order valence-electron chi connectivity index (χ0n) is 16.6. The largest absolute Gasteiger partial charge is 0.326 e. The first-order valence-corrected chi connectivity index (χ1v) is 9.94. The fourth-order valence-electron chi connectivity index (χ4n) is 3.07. The summed E-state index contributed by atoms with van der Waals surface area (Å²) in [5.74, 6) is 0.0235. The number of rotatable bonds is 5. The average molecular weight is 392 g/mol. The summed E-state index contributed by atoms with van der Waals surface area (Å²) in [6, 6.07) is 24.1. The summed E-state index contributed by atoms with van der Waals surface area (Å²) in [6.07, 6.45) is 1.20. The minimum absolute atomic E-state index is 0.0235. The third kappa shape index (κ3) is 5.46. The van der Waals surface area contributed by atoms with Crippen molar-refractivity contribution in [2.75, 3.05) is 5.32 Å². The quantitative estimate of drug-likeness (QED) is 0.504. The van der Waals surface area contributed by atoms with Gasteiger partial charge in [0.25, 0.3) is 0 Å². The van der Waals surface area contributed by atoms with Gasteiger partial charge in [0.2, 0.25) is 5.91 Å². The van der Waals surface area contributed by atoms with E-state index in [2.05, 4.69) is 50.4 Å². The molecule has 0 bridgehead atoms. The van der Waals surface area contributed by atoms with Crippen molar-refractivity contribution < 1.29 is 4.79 Å². The Hall–Kier alpha value is -2.58. The molecular weight excluding hydrogens is 366 g/mol. The lowest BCUT2D eigenvalue weighted by Crippen LogP contribution is -2.13. The smallest absolute Gasteiger partial charge is 0.224 e. The van der Waals surface area contributed by atoms with Crippen LogP contribution in [0.1, 0.15) is 38.3 Å². The second-order valence-corrected chi connectivity index (χ2v) is 8.52. The van der Waals surface area contributed by atoms with Gasteiger partial charge in [0, 0.05) is 17.1 Å². The predicted molar refractivity (Wildman–Crippen MR) is 119 cm³/mol. The van der Waals surface area contributed by atoms with Crippen molar-refractivity contribution in [1.82, 2.24) is 0 Å². The molecule has 0 fully saturated rings. The molecule has 0 saturated carbocycles. The van der Waals surface area contributed by atoms with Crippen molar-refractivity contribution in [3.8, 4) is 11.1 Å². The third-order valence-electron chi connectivity index (χ3n) is 4.79. The topological polar surface area (TPSA) is 29.1 Å². The minimum atomic E-state index is 0.0235. The maximum absolute atomic E-state index is 12.3. The van der Waals surface area contributed by atoms with Gasteiger partial charge in [0.15, 0.2) is 0 Å². The number of benzene rings is 3. The van der Waals surface area contributed by atoms with E-state index in [1.165, 1.54) is 11.1 Å². The molecule has 28 heavy (non-hydrogen) atoms. The van der Waals surface area contributed by atoms with Crippen molar-refractivity contribution in [2.24, 2.45) is 0 Å². The Morgan fingerprint density at radius 2 is 1.57 bits per heavy atom. The molecule has 0 aliphatic rings. The Kier molecular flexibility index (Phi) is 6.21. The zero-order valence-corrected chi connectivity index (χ0v) is 17.4. The highest BCUT2D eigenvalue weighted by atomic mass is 35.5. The first-order chi connectivity index (χ1) is 13.3. The van der Waals surface area contributed by atoms with E-state index in [1.807, 2.05) is 48.5 Å². The molecule has 0 radical (unpaired) electrons. The summed E-state index contributed by atoms with van der Waals surface area (Å²) in [7, 11) is 0. The van der Waals surface area contributed by atoms with E-state index in [9.17, 15) is 4.79 Å². The molecular formula is C25H26ClNO. The standard InChI is InChI=1S/C25H26ClNO/c1-25(2,3)21-12-7-18(8-13-21)9-16-24(28)27-23-14-10-19(11-15-23)20-5-4-6-22(26)17-20/h4-8,10-15,17H,9,16H2,1-3H3,(H,27,28). The highest BCUT2D eigenvalue weighted by Crippen LogP contribution is 2.25. The van der Waals surface area contributed by atoms with Crippen LogP contribution >= 0.6 is 11.6 Å². The number of hydrogen-bond acceptors (Lipinski definition) is 1. The van der Waals surface area contributed by atoms with Gasteiger partial charge in [-0.25, -0.2) is 0 Å². The molecule has 3 rings (SSSR count). The molecule has 1 N–H and O–H groups in total. The Morgan fingerprint density at radius 1 is 0.893 bits per heavy atom. The molecule has 0 spiro atoms. The number of amides is 1. The molecule has 144 valence electrons. The fraction of sp³-hybridized carbons (Fsp3) is 0.240. The van der Waals surface area contributed by atoms with Crippen LogP contribution in [0.25, 0.3) is 11.1 Å². The van der Waals surface area contributed by atoms with Gasteiger partial charge in [0.05, 0.1) is 0 Å². The summed E-state index contributed by atoms with van der Waals surface area (Å²) in [5, 5.41) is 3.69. The molecule has 0 unspecified atom stereocenters. The highest BCUT2D eigenvalue weighted by molar-refractivity contribution is 6.30. The minimum Gasteiger partial charge on any atom is -0.326 e. The second kappa shape index (κ2) is 8.62. The average Bonchev–Trinajstić information content (AvgIpc) is 2.67. The molecule has 3 aromatic rings. The Bertz CT molecular complexity index is 938. The van der Waals surface area contributed by atoms with E-state index in [1.54, 1.807) is 0 Å². The Morgan fingerprint density at radius 3 is 2.18 bits per heavy atom. The molecule has 2 nitrogen and oxygen atoms in total.